The third kappa shape index (κ3) is 4.66. The number of hydrogen-bond acceptors (Lipinski definition) is 4. The van der Waals surface area contributed by atoms with Crippen LogP contribution in [0.25, 0.3) is 0 Å². The van der Waals surface area contributed by atoms with E-state index >= 15 is 0 Å². The molecule has 0 heterocycles. The molecule has 0 aliphatic carbocycles. The first-order valence-corrected chi connectivity index (χ1v) is 4.17. The largest absolute Gasteiger partial charge is 0.466 e. The lowest BCUT2D eigenvalue weighted by atomic mass is 10.3. The van der Waals surface area contributed by atoms with Crippen LogP contribution in [0, 0.1) is 0 Å². The van der Waals surface area contributed by atoms with Gasteiger partial charge in [0.05, 0.1) is 7.11 Å². The van der Waals surface area contributed by atoms with Crippen molar-refractivity contribution < 1.29 is 32.2 Å². The highest BCUT2D eigenvalue weighted by Gasteiger charge is 2.49. The summed E-state index contributed by atoms with van der Waals surface area (Å²) in [5, 5.41) is 0. The fraction of sp³-hybridized carbons (Fsp3) is 0.750. The van der Waals surface area contributed by atoms with Gasteiger partial charge >= 0.3 is 18.1 Å². The van der Waals surface area contributed by atoms with Crippen molar-refractivity contribution in [3.63, 3.8) is 0 Å². The number of halogens is 3. The topological polar surface area (TPSA) is 52.6 Å². The molecule has 0 N–H and O–H groups in total. The van der Waals surface area contributed by atoms with Gasteiger partial charge in [0.25, 0.3) is 6.10 Å². The summed E-state index contributed by atoms with van der Waals surface area (Å²) >= 11 is 0. The minimum absolute atomic E-state index is 0.177. The number of rotatable bonds is 4. The SMILES string of the molecule is CCCC(=O)OC(C(=O)OC)C(F)(F)F. The first kappa shape index (κ1) is 13.7. The van der Waals surface area contributed by atoms with Gasteiger partial charge in [-0.1, -0.05) is 6.92 Å². The Morgan fingerprint density at radius 1 is 1.33 bits per heavy atom. The third-order valence-electron chi connectivity index (χ3n) is 1.42. The average molecular weight is 228 g/mol. The van der Waals surface area contributed by atoms with Gasteiger partial charge in [0, 0.05) is 6.42 Å². The number of methoxy groups -OCH3 is 1. The van der Waals surface area contributed by atoms with Crippen molar-refractivity contribution in [2.24, 2.45) is 0 Å². The van der Waals surface area contributed by atoms with Crippen LogP contribution < -0.4 is 0 Å². The fourth-order valence-electron chi connectivity index (χ4n) is 0.750. The number of ether oxygens (including phenoxy) is 2. The smallest absolute Gasteiger partial charge is 0.436 e. The molecule has 0 amide bonds. The molecule has 0 aliphatic heterocycles. The molecule has 1 unspecified atom stereocenters. The van der Waals surface area contributed by atoms with E-state index in [-0.39, 0.29) is 6.42 Å². The van der Waals surface area contributed by atoms with Crippen LogP contribution in [0.5, 0.6) is 0 Å². The van der Waals surface area contributed by atoms with Gasteiger partial charge < -0.3 is 9.47 Å². The van der Waals surface area contributed by atoms with Crippen molar-refractivity contribution in [3.05, 3.63) is 0 Å². The zero-order valence-electron chi connectivity index (χ0n) is 8.26. The van der Waals surface area contributed by atoms with Gasteiger partial charge in [-0.15, -0.1) is 0 Å². The van der Waals surface area contributed by atoms with Gasteiger partial charge in [-0.05, 0) is 6.42 Å². The Bertz CT molecular complexity index is 237. The van der Waals surface area contributed by atoms with Crippen molar-refractivity contribution in [1.82, 2.24) is 0 Å². The molecule has 7 heteroatoms. The predicted molar refractivity (Wildman–Crippen MR) is 42.9 cm³/mol. The Labute approximate surface area is 84.3 Å². The predicted octanol–water partition coefficient (Wildman–Crippen LogP) is 1.43. The Kier molecular flexibility index (Phi) is 5.10. The van der Waals surface area contributed by atoms with Crippen LogP contribution in [-0.2, 0) is 19.1 Å². The first-order valence-electron chi connectivity index (χ1n) is 4.17. The van der Waals surface area contributed by atoms with Crippen LogP contribution in [0.3, 0.4) is 0 Å². The molecule has 0 radical (unpaired) electrons. The summed E-state index contributed by atoms with van der Waals surface area (Å²) in [6.07, 6.45) is -7.62. The molecule has 1 atom stereocenters. The maximum absolute atomic E-state index is 12.2. The number of alkyl halides is 3. The van der Waals surface area contributed by atoms with E-state index in [4.69, 9.17) is 0 Å². The molecule has 0 bridgehead atoms. The first-order chi connectivity index (χ1) is 6.82. The van der Waals surface area contributed by atoms with Crippen molar-refractivity contribution in [1.29, 1.82) is 0 Å². The Morgan fingerprint density at radius 2 is 1.87 bits per heavy atom. The molecular formula is C8H11F3O4. The van der Waals surface area contributed by atoms with Gasteiger partial charge in [-0.2, -0.15) is 13.2 Å². The van der Waals surface area contributed by atoms with Crippen LogP contribution in [-0.4, -0.2) is 31.3 Å². The third-order valence-corrected chi connectivity index (χ3v) is 1.42. The van der Waals surface area contributed by atoms with Crippen molar-refractivity contribution in [2.45, 2.75) is 32.0 Å². The van der Waals surface area contributed by atoms with Gasteiger partial charge in [-0.25, -0.2) is 4.79 Å². The monoisotopic (exact) mass is 228 g/mol. The molecule has 0 saturated carbocycles. The van der Waals surface area contributed by atoms with Crippen LogP contribution >= 0.6 is 0 Å². The summed E-state index contributed by atoms with van der Waals surface area (Å²) in [4.78, 5) is 21.5. The molecule has 0 aromatic rings. The second kappa shape index (κ2) is 5.57. The number of carbonyl (C=O) groups is 2. The molecule has 0 aromatic heterocycles. The van der Waals surface area contributed by atoms with Gasteiger partial charge in [0.1, 0.15) is 0 Å². The van der Waals surface area contributed by atoms with Crippen LogP contribution in [0.2, 0.25) is 0 Å². The van der Waals surface area contributed by atoms with Crippen LogP contribution in [0.1, 0.15) is 19.8 Å². The summed E-state index contributed by atoms with van der Waals surface area (Å²) in [7, 11) is 0.786. The highest BCUT2D eigenvalue weighted by atomic mass is 19.4. The van der Waals surface area contributed by atoms with E-state index in [1.807, 2.05) is 0 Å². The highest BCUT2D eigenvalue weighted by molar-refractivity contribution is 5.80. The summed E-state index contributed by atoms with van der Waals surface area (Å²) in [6.45, 7) is 1.60. The lowest BCUT2D eigenvalue weighted by molar-refractivity contribution is -0.228. The molecule has 0 spiro atoms. The second-order valence-electron chi connectivity index (χ2n) is 2.68. The lowest BCUT2D eigenvalue weighted by Gasteiger charge is -2.17. The fourth-order valence-corrected chi connectivity index (χ4v) is 0.750. The summed E-state index contributed by atoms with van der Waals surface area (Å²) < 4.78 is 44.4. The van der Waals surface area contributed by atoms with Crippen LogP contribution in [0.15, 0.2) is 0 Å². The minimum atomic E-state index is -4.95. The van der Waals surface area contributed by atoms with E-state index in [0.29, 0.717) is 6.42 Å². The van der Waals surface area contributed by atoms with Gasteiger partial charge in [0.15, 0.2) is 0 Å². The second-order valence-corrected chi connectivity index (χ2v) is 2.68. The normalized spacial score (nSPS) is 13.1. The summed E-state index contributed by atoms with van der Waals surface area (Å²) in [6, 6.07) is 0. The highest BCUT2D eigenvalue weighted by Crippen LogP contribution is 2.24. The van der Waals surface area contributed by atoms with E-state index in [0.717, 1.165) is 7.11 Å². The summed E-state index contributed by atoms with van der Waals surface area (Å²) in [5.74, 6) is -2.71. The van der Waals surface area contributed by atoms with Gasteiger partial charge in [0.2, 0.25) is 0 Å². The molecule has 0 saturated heterocycles. The van der Waals surface area contributed by atoms with E-state index < -0.39 is 24.2 Å². The molecule has 0 fully saturated rings. The zero-order valence-corrected chi connectivity index (χ0v) is 8.26. The molecule has 0 aromatic carbocycles. The molecular weight excluding hydrogens is 217 g/mol. The molecule has 4 nitrogen and oxygen atoms in total. The lowest BCUT2D eigenvalue weighted by Crippen LogP contribution is -2.41. The maximum Gasteiger partial charge on any atom is 0.436 e. The Balaban J connectivity index is 4.53. The van der Waals surface area contributed by atoms with Crippen LogP contribution in [0.4, 0.5) is 13.2 Å². The van der Waals surface area contributed by atoms with Crippen molar-refractivity contribution >= 4 is 11.9 Å². The van der Waals surface area contributed by atoms with E-state index in [1.165, 1.54) is 0 Å². The quantitative estimate of drug-likeness (QED) is 0.683. The Morgan fingerprint density at radius 3 is 2.20 bits per heavy atom. The van der Waals surface area contributed by atoms with Crippen molar-refractivity contribution in [2.75, 3.05) is 7.11 Å². The molecule has 0 aliphatic rings. The standard InChI is InChI=1S/C8H11F3O4/c1-3-4-5(12)15-6(7(13)14-2)8(9,10)11/h6H,3-4H2,1-2H3. The van der Waals surface area contributed by atoms with Gasteiger partial charge in [-0.3, -0.25) is 4.79 Å². The summed E-state index contributed by atoms with van der Waals surface area (Å²) in [5.41, 5.74) is 0. The number of hydrogen-bond donors (Lipinski definition) is 0. The van der Waals surface area contributed by atoms with E-state index in [2.05, 4.69) is 9.47 Å². The van der Waals surface area contributed by atoms with E-state index in [1.54, 1.807) is 6.92 Å². The molecule has 0 rings (SSSR count). The maximum atomic E-state index is 12.2. The Hall–Kier alpha value is -1.27. The number of carbonyl (C=O) groups excluding carboxylic acids is 2. The molecule has 15 heavy (non-hydrogen) atoms. The van der Waals surface area contributed by atoms with Crippen molar-refractivity contribution in [3.8, 4) is 0 Å². The number of esters is 2. The minimum Gasteiger partial charge on any atom is -0.466 e. The zero-order chi connectivity index (χ0) is 12.1. The van der Waals surface area contributed by atoms with E-state index in [9.17, 15) is 22.8 Å². The average Bonchev–Trinajstić information content (AvgIpc) is 2.12. The molecule has 88 valence electrons.